The molecule has 34 heavy (non-hydrogen) atoms. The molecule has 0 atom stereocenters. The van der Waals surface area contributed by atoms with E-state index in [4.69, 9.17) is 10.5 Å². The van der Waals surface area contributed by atoms with E-state index in [2.05, 4.69) is 18.1 Å². The molecule has 4 heteroatoms. The molecule has 0 aliphatic carbocycles. The SMILES string of the molecule is C=CC/C=C/C=C/C=C(/CC=C)c1c(C(N)=O)c(OCCN2CCCCC2)cc2ccccc12. The lowest BCUT2D eigenvalue weighted by atomic mass is 9.90. The molecule has 1 aliphatic heterocycles. The normalized spacial score (nSPS) is 15.2. The first-order chi connectivity index (χ1) is 16.7. The molecular weight excluding hydrogens is 420 g/mol. The van der Waals surface area contributed by atoms with E-state index in [1.165, 1.54) is 19.3 Å². The zero-order valence-corrected chi connectivity index (χ0v) is 20.0. The van der Waals surface area contributed by atoms with Gasteiger partial charge in [0.1, 0.15) is 12.4 Å². The second-order valence-electron chi connectivity index (χ2n) is 8.48. The third-order valence-electron chi connectivity index (χ3n) is 6.02. The first-order valence-electron chi connectivity index (χ1n) is 12.1. The smallest absolute Gasteiger partial charge is 0.253 e. The highest BCUT2D eigenvalue weighted by molar-refractivity contribution is 6.09. The third-order valence-corrected chi connectivity index (χ3v) is 6.02. The van der Waals surface area contributed by atoms with Crippen molar-refractivity contribution in [3.63, 3.8) is 0 Å². The Morgan fingerprint density at radius 3 is 2.56 bits per heavy atom. The first-order valence-corrected chi connectivity index (χ1v) is 12.1. The molecule has 2 N–H and O–H groups in total. The predicted octanol–water partition coefficient (Wildman–Crippen LogP) is 6.45. The largest absolute Gasteiger partial charge is 0.491 e. The van der Waals surface area contributed by atoms with Crippen molar-refractivity contribution in [3.05, 3.63) is 97.1 Å². The fraction of sp³-hybridized carbons (Fsp3) is 0.300. The number of benzene rings is 2. The van der Waals surface area contributed by atoms with Crippen LogP contribution in [0.4, 0.5) is 0 Å². The van der Waals surface area contributed by atoms with Gasteiger partial charge in [-0.3, -0.25) is 9.69 Å². The Hall–Kier alpha value is -3.37. The zero-order valence-electron chi connectivity index (χ0n) is 20.0. The summed E-state index contributed by atoms with van der Waals surface area (Å²) in [6.45, 7) is 11.2. The molecule has 2 aromatic carbocycles. The number of likely N-dealkylation sites (tertiary alicyclic amines) is 1. The summed E-state index contributed by atoms with van der Waals surface area (Å²) >= 11 is 0. The van der Waals surface area contributed by atoms with Crippen LogP contribution in [0.15, 0.2) is 86.0 Å². The Bertz CT molecular complexity index is 1090. The van der Waals surface area contributed by atoms with Crippen molar-refractivity contribution in [1.29, 1.82) is 0 Å². The van der Waals surface area contributed by atoms with E-state index in [-0.39, 0.29) is 0 Å². The van der Waals surface area contributed by atoms with Crippen molar-refractivity contribution in [2.45, 2.75) is 32.1 Å². The van der Waals surface area contributed by atoms with Crippen molar-refractivity contribution >= 4 is 22.3 Å². The number of carbonyl (C=O) groups excluding carboxylic acids is 1. The molecule has 0 radical (unpaired) electrons. The van der Waals surface area contributed by atoms with Crippen molar-refractivity contribution < 1.29 is 9.53 Å². The van der Waals surface area contributed by atoms with E-state index in [9.17, 15) is 4.79 Å². The van der Waals surface area contributed by atoms with Crippen LogP contribution in [0.3, 0.4) is 0 Å². The average molecular weight is 457 g/mol. The monoisotopic (exact) mass is 456 g/mol. The molecule has 0 aromatic heterocycles. The number of nitrogens with zero attached hydrogens (tertiary/aromatic N) is 1. The summed E-state index contributed by atoms with van der Waals surface area (Å²) in [4.78, 5) is 15.2. The van der Waals surface area contributed by atoms with E-state index in [0.29, 0.717) is 24.3 Å². The number of carbonyl (C=O) groups is 1. The van der Waals surface area contributed by atoms with Crippen LogP contribution < -0.4 is 10.5 Å². The Morgan fingerprint density at radius 1 is 1.03 bits per heavy atom. The number of primary amides is 1. The summed E-state index contributed by atoms with van der Waals surface area (Å²) in [5.74, 6) is 0.0570. The lowest BCUT2D eigenvalue weighted by molar-refractivity contribution is 0.0995. The third kappa shape index (κ3) is 6.82. The van der Waals surface area contributed by atoms with Gasteiger partial charge in [-0.05, 0) is 61.2 Å². The van der Waals surface area contributed by atoms with E-state index >= 15 is 0 Å². The van der Waals surface area contributed by atoms with Crippen LogP contribution in [0.25, 0.3) is 16.3 Å². The van der Waals surface area contributed by atoms with Gasteiger partial charge in [0.25, 0.3) is 5.91 Å². The Morgan fingerprint density at radius 2 is 1.82 bits per heavy atom. The maximum Gasteiger partial charge on any atom is 0.253 e. The fourth-order valence-electron chi connectivity index (χ4n) is 4.38. The molecule has 0 unspecified atom stereocenters. The first kappa shape index (κ1) is 25.3. The van der Waals surface area contributed by atoms with E-state index in [1.807, 2.05) is 72.9 Å². The van der Waals surface area contributed by atoms with Gasteiger partial charge < -0.3 is 10.5 Å². The van der Waals surface area contributed by atoms with Crippen LogP contribution in [0, 0.1) is 0 Å². The molecule has 3 rings (SSSR count). The molecule has 1 amide bonds. The summed E-state index contributed by atoms with van der Waals surface area (Å²) in [5.41, 5.74) is 8.16. The second kappa shape index (κ2) is 13.4. The minimum atomic E-state index is -0.487. The van der Waals surface area contributed by atoms with Crippen LogP contribution >= 0.6 is 0 Å². The van der Waals surface area contributed by atoms with Crippen LogP contribution in [0.2, 0.25) is 0 Å². The molecule has 0 bridgehead atoms. The molecule has 0 spiro atoms. The topological polar surface area (TPSA) is 55.6 Å². The van der Waals surface area contributed by atoms with E-state index in [0.717, 1.165) is 48.0 Å². The van der Waals surface area contributed by atoms with Crippen molar-refractivity contribution in [2.24, 2.45) is 5.73 Å². The number of hydrogen-bond donors (Lipinski definition) is 1. The molecular formula is C30H36N2O2. The number of fused-ring (bicyclic) bond motifs is 1. The van der Waals surface area contributed by atoms with Gasteiger partial charge in [0.05, 0.1) is 5.56 Å². The quantitative estimate of drug-likeness (QED) is 0.295. The Kier molecular flexibility index (Phi) is 9.93. The van der Waals surface area contributed by atoms with Crippen molar-refractivity contribution in [1.82, 2.24) is 4.90 Å². The van der Waals surface area contributed by atoms with Gasteiger partial charge in [0.15, 0.2) is 0 Å². The zero-order chi connectivity index (χ0) is 24.2. The summed E-state index contributed by atoms with van der Waals surface area (Å²) in [6.07, 6.45) is 18.9. The van der Waals surface area contributed by atoms with Gasteiger partial charge in [-0.2, -0.15) is 0 Å². The van der Waals surface area contributed by atoms with Gasteiger partial charge in [-0.1, -0.05) is 73.2 Å². The number of hydrogen-bond acceptors (Lipinski definition) is 3. The second-order valence-corrected chi connectivity index (χ2v) is 8.48. The molecule has 2 aromatic rings. The Labute approximate surface area is 203 Å². The number of allylic oxidation sites excluding steroid dienone is 8. The maximum atomic E-state index is 12.7. The summed E-state index contributed by atoms with van der Waals surface area (Å²) in [5, 5.41) is 1.99. The highest BCUT2D eigenvalue weighted by Crippen LogP contribution is 2.37. The van der Waals surface area contributed by atoms with Gasteiger partial charge in [-0.15, -0.1) is 13.2 Å². The minimum Gasteiger partial charge on any atom is -0.491 e. The van der Waals surface area contributed by atoms with Crippen LogP contribution in [-0.4, -0.2) is 37.0 Å². The predicted molar refractivity (Wildman–Crippen MR) is 144 cm³/mol. The highest BCUT2D eigenvalue weighted by atomic mass is 16.5. The number of ether oxygens (including phenoxy) is 1. The molecule has 1 heterocycles. The van der Waals surface area contributed by atoms with E-state index in [1.54, 1.807) is 0 Å². The standard InChI is InChI=1S/C30H36N2O2/c1-3-5-6-7-8-10-16-24(15-4-2)28-26-18-12-11-17-25(26)23-27(29(28)30(31)33)34-22-21-32-19-13-9-14-20-32/h3-4,6-8,10-12,16-18,23H,1-2,5,9,13-15,19-22H2,(H2,31,33)/b7-6+,10-8+,24-16-. The number of amides is 1. The number of rotatable bonds is 12. The molecule has 1 fully saturated rings. The highest BCUT2D eigenvalue weighted by Gasteiger charge is 2.21. The summed E-state index contributed by atoms with van der Waals surface area (Å²) in [7, 11) is 0. The Balaban J connectivity index is 2.01. The summed E-state index contributed by atoms with van der Waals surface area (Å²) < 4.78 is 6.21. The summed E-state index contributed by atoms with van der Waals surface area (Å²) in [6, 6.07) is 9.98. The van der Waals surface area contributed by atoms with Gasteiger partial charge in [-0.25, -0.2) is 0 Å². The fourth-order valence-corrected chi connectivity index (χ4v) is 4.38. The van der Waals surface area contributed by atoms with Crippen molar-refractivity contribution in [2.75, 3.05) is 26.2 Å². The number of nitrogens with two attached hydrogens (primary N) is 1. The molecule has 1 saturated heterocycles. The van der Waals surface area contributed by atoms with Crippen LogP contribution in [0.5, 0.6) is 5.75 Å². The van der Waals surface area contributed by atoms with Crippen molar-refractivity contribution in [3.8, 4) is 5.75 Å². The number of piperidine rings is 1. The lowest BCUT2D eigenvalue weighted by Crippen LogP contribution is -2.33. The van der Waals surface area contributed by atoms with Crippen LogP contribution in [-0.2, 0) is 0 Å². The van der Waals surface area contributed by atoms with Crippen LogP contribution in [0.1, 0.15) is 48.0 Å². The van der Waals surface area contributed by atoms with Gasteiger partial charge in [0.2, 0.25) is 0 Å². The average Bonchev–Trinajstić information content (AvgIpc) is 2.85. The van der Waals surface area contributed by atoms with Gasteiger partial charge in [0, 0.05) is 12.1 Å². The van der Waals surface area contributed by atoms with Gasteiger partial charge >= 0.3 is 0 Å². The minimum absolute atomic E-state index is 0.432. The molecule has 0 saturated carbocycles. The molecule has 4 nitrogen and oxygen atoms in total. The van der Waals surface area contributed by atoms with E-state index < -0.39 is 5.91 Å². The molecule has 178 valence electrons. The lowest BCUT2D eigenvalue weighted by Gasteiger charge is -2.26. The molecule has 1 aliphatic rings. The maximum absolute atomic E-state index is 12.7.